The van der Waals surface area contributed by atoms with Gasteiger partial charge < -0.3 is 15.1 Å². The lowest BCUT2D eigenvalue weighted by Crippen LogP contribution is -2.39. The largest absolute Gasteiger partial charge is 0.444 e. The van der Waals surface area contributed by atoms with Gasteiger partial charge in [-0.1, -0.05) is 30.3 Å². The SMILES string of the molecule is Cc1oc(NC(=O)CN(C)c2c(N)n(Cc3ccccc3)c(=O)[nH]c2=O)c(C#N)c1C. The van der Waals surface area contributed by atoms with Crippen molar-refractivity contribution in [3.63, 3.8) is 0 Å². The maximum absolute atomic E-state index is 12.5. The molecule has 0 aliphatic carbocycles. The normalized spacial score (nSPS) is 10.5. The number of aromatic amines is 1. The van der Waals surface area contributed by atoms with Crippen LogP contribution in [0.4, 0.5) is 17.4 Å². The number of furan rings is 1. The Morgan fingerprint density at radius 3 is 2.61 bits per heavy atom. The second-order valence-electron chi connectivity index (χ2n) is 7.07. The first-order valence-corrected chi connectivity index (χ1v) is 9.40. The van der Waals surface area contributed by atoms with E-state index in [0.717, 1.165) is 5.56 Å². The maximum Gasteiger partial charge on any atom is 0.330 e. The zero-order valence-electron chi connectivity index (χ0n) is 17.4. The van der Waals surface area contributed by atoms with E-state index in [4.69, 9.17) is 10.2 Å². The zero-order chi connectivity index (χ0) is 22.7. The smallest absolute Gasteiger partial charge is 0.330 e. The molecule has 10 heteroatoms. The van der Waals surface area contributed by atoms with Crippen LogP contribution in [0.15, 0.2) is 44.3 Å². The summed E-state index contributed by atoms with van der Waals surface area (Å²) in [5, 5.41) is 11.8. The summed E-state index contributed by atoms with van der Waals surface area (Å²) in [7, 11) is 1.50. The van der Waals surface area contributed by atoms with Crippen molar-refractivity contribution in [2.45, 2.75) is 20.4 Å². The summed E-state index contributed by atoms with van der Waals surface area (Å²) >= 11 is 0. The minimum atomic E-state index is -0.704. The predicted molar refractivity (Wildman–Crippen MR) is 116 cm³/mol. The molecule has 2 aromatic heterocycles. The van der Waals surface area contributed by atoms with E-state index in [-0.39, 0.29) is 36.0 Å². The van der Waals surface area contributed by atoms with Gasteiger partial charge in [0.2, 0.25) is 11.8 Å². The van der Waals surface area contributed by atoms with Crippen molar-refractivity contribution in [2.75, 3.05) is 29.5 Å². The number of nitriles is 1. The molecule has 4 N–H and O–H groups in total. The molecule has 2 heterocycles. The Morgan fingerprint density at radius 1 is 1.29 bits per heavy atom. The zero-order valence-corrected chi connectivity index (χ0v) is 17.4. The third-order valence-corrected chi connectivity index (χ3v) is 4.91. The molecule has 160 valence electrons. The van der Waals surface area contributed by atoms with Crippen molar-refractivity contribution in [2.24, 2.45) is 0 Å². The van der Waals surface area contributed by atoms with Gasteiger partial charge in [0.15, 0.2) is 0 Å². The Balaban J connectivity index is 1.85. The van der Waals surface area contributed by atoms with Gasteiger partial charge in [-0.25, -0.2) is 4.79 Å². The summed E-state index contributed by atoms with van der Waals surface area (Å²) in [6.07, 6.45) is 0. The predicted octanol–water partition coefficient (Wildman–Crippen LogP) is 1.32. The van der Waals surface area contributed by atoms with Gasteiger partial charge in [0, 0.05) is 12.6 Å². The fourth-order valence-corrected chi connectivity index (χ4v) is 3.18. The van der Waals surface area contributed by atoms with E-state index < -0.39 is 17.2 Å². The number of H-pyrrole nitrogens is 1. The van der Waals surface area contributed by atoms with Gasteiger partial charge in [0.05, 0.1) is 13.1 Å². The highest BCUT2D eigenvalue weighted by molar-refractivity contribution is 5.94. The minimum Gasteiger partial charge on any atom is -0.444 e. The first-order valence-electron chi connectivity index (χ1n) is 9.40. The van der Waals surface area contributed by atoms with Gasteiger partial charge in [-0.2, -0.15) is 5.26 Å². The lowest BCUT2D eigenvalue weighted by Gasteiger charge is -2.21. The van der Waals surface area contributed by atoms with Crippen molar-refractivity contribution < 1.29 is 9.21 Å². The highest BCUT2D eigenvalue weighted by Gasteiger charge is 2.21. The van der Waals surface area contributed by atoms with E-state index in [1.54, 1.807) is 13.8 Å². The second-order valence-corrected chi connectivity index (χ2v) is 7.07. The molecule has 0 atom stereocenters. The summed E-state index contributed by atoms with van der Waals surface area (Å²) in [5.41, 5.74) is 6.47. The van der Waals surface area contributed by atoms with Crippen LogP contribution in [0.3, 0.4) is 0 Å². The topological polar surface area (TPSA) is 150 Å². The number of amides is 1. The molecule has 0 saturated heterocycles. The van der Waals surface area contributed by atoms with Crippen LogP contribution in [0.25, 0.3) is 0 Å². The Labute approximate surface area is 177 Å². The van der Waals surface area contributed by atoms with Crippen LogP contribution in [0.2, 0.25) is 0 Å². The van der Waals surface area contributed by atoms with Crippen molar-refractivity contribution in [3.05, 3.63) is 73.6 Å². The molecular formula is C21H22N6O4. The number of nitrogens with zero attached hydrogens (tertiary/aromatic N) is 3. The number of hydrogen-bond donors (Lipinski definition) is 3. The van der Waals surface area contributed by atoms with Gasteiger partial charge in [-0.3, -0.25) is 24.5 Å². The van der Waals surface area contributed by atoms with Gasteiger partial charge in [-0.05, 0) is 19.4 Å². The summed E-state index contributed by atoms with van der Waals surface area (Å²) in [4.78, 5) is 40.8. The molecule has 1 amide bonds. The molecule has 0 unspecified atom stereocenters. The van der Waals surface area contributed by atoms with Crippen LogP contribution in [0, 0.1) is 25.2 Å². The molecule has 10 nitrogen and oxygen atoms in total. The summed E-state index contributed by atoms with van der Waals surface area (Å²) in [6.45, 7) is 3.30. The fraction of sp³-hybridized carbons (Fsp3) is 0.238. The van der Waals surface area contributed by atoms with Crippen molar-refractivity contribution in [1.29, 1.82) is 5.26 Å². The first-order chi connectivity index (χ1) is 14.7. The lowest BCUT2D eigenvalue weighted by atomic mass is 10.2. The van der Waals surface area contributed by atoms with E-state index in [2.05, 4.69) is 10.3 Å². The number of anilines is 3. The van der Waals surface area contributed by atoms with Gasteiger partial charge >= 0.3 is 5.69 Å². The number of nitrogen functional groups attached to an aromatic ring is 1. The van der Waals surface area contributed by atoms with Crippen molar-refractivity contribution in [1.82, 2.24) is 9.55 Å². The highest BCUT2D eigenvalue weighted by Crippen LogP contribution is 2.25. The number of aryl methyl sites for hydroxylation is 1. The van der Waals surface area contributed by atoms with E-state index in [1.165, 1.54) is 16.5 Å². The molecular weight excluding hydrogens is 400 g/mol. The molecule has 1 aromatic carbocycles. The maximum atomic E-state index is 12.5. The van der Waals surface area contributed by atoms with Crippen LogP contribution in [-0.4, -0.2) is 29.1 Å². The fourth-order valence-electron chi connectivity index (χ4n) is 3.18. The third kappa shape index (κ3) is 4.35. The van der Waals surface area contributed by atoms with Crippen LogP contribution in [-0.2, 0) is 11.3 Å². The molecule has 31 heavy (non-hydrogen) atoms. The number of nitrogens with two attached hydrogens (primary N) is 1. The average molecular weight is 422 g/mol. The molecule has 0 fully saturated rings. The summed E-state index contributed by atoms with van der Waals surface area (Å²) in [6, 6.07) is 11.2. The first kappa shape index (κ1) is 21.4. The van der Waals surface area contributed by atoms with Crippen LogP contribution >= 0.6 is 0 Å². The highest BCUT2D eigenvalue weighted by atomic mass is 16.4. The van der Waals surface area contributed by atoms with Gasteiger partial charge in [0.1, 0.15) is 28.9 Å². The van der Waals surface area contributed by atoms with Crippen molar-refractivity contribution >= 4 is 23.3 Å². The number of benzene rings is 1. The number of likely N-dealkylation sites (N-methyl/N-ethyl adjacent to an activating group) is 1. The minimum absolute atomic E-state index is 0.0157. The number of aromatic nitrogens is 2. The van der Waals surface area contributed by atoms with E-state index >= 15 is 0 Å². The average Bonchev–Trinajstić information content (AvgIpc) is 2.98. The van der Waals surface area contributed by atoms with Gasteiger partial charge in [-0.15, -0.1) is 0 Å². The Kier molecular flexibility index (Phi) is 5.97. The standard InChI is InChI=1S/C21H22N6O4/c1-12-13(2)31-20(15(12)9-22)24-16(28)11-26(3)17-18(23)27(21(30)25-19(17)29)10-14-7-5-4-6-8-14/h4-8H,10-11,23H2,1-3H3,(H,24,28)(H,25,29,30). The lowest BCUT2D eigenvalue weighted by molar-refractivity contribution is -0.115. The molecule has 0 radical (unpaired) electrons. The Bertz CT molecular complexity index is 1280. The Hall–Kier alpha value is -4.26. The van der Waals surface area contributed by atoms with Crippen LogP contribution < -0.4 is 27.2 Å². The molecule has 0 aliphatic heterocycles. The third-order valence-electron chi connectivity index (χ3n) is 4.91. The number of carbonyl (C=O) groups is 1. The second kappa shape index (κ2) is 8.62. The summed E-state index contributed by atoms with van der Waals surface area (Å²) in [5.74, 6) is -0.0108. The quantitative estimate of drug-likeness (QED) is 0.542. The number of carbonyl (C=O) groups excluding carboxylic acids is 1. The number of rotatable bonds is 6. The van der Waals surface area contributed by atoms with E-state index in [1.807, 2.05) is 36.4 Å². The Morgan fingerprint density at radius 2 is 1.97 bits per heavy atom. The number of hydrogen-bond acceptors (Lipinski definition) is 7. The van der Waals surface area contributed by atoms with Crippen LogP contribution in [0.5, 0.6) is 0 Å². The van der Waals surface area contributed by atoms with Gasteiger partial charge in [0.25, 0.3) is 5.56 Å². The van der Waals surface area contributed by atoms with E-state index in [0.29, 0.717) is 11.3 Å². The van der Waals surface area contributed by atoms with Crippen molar-refractivity contribution in [3.8, 4) is 6.07 Å². The monoisotopic (exact) mass is 422 g/mol. The molecule has 3 rings (SSSR count). The molecule has 0 spiro atoms. The molecule has 3 aromatic rings. The molecule has 0 aliphatic rings. The van der Waals surface area contributed by atoms with Crippen LogP contribution in [0.1, 0.15) is 22.5 Å². The summed E-state index contributed by atoms with van der Waals surface area (Å²) < 4.78 is 6.66. The molecule has 0 bridgehead atoms. The van der Waals surface area contributed by atoms with E-state index in [9.17, 15) is 19.6 Å². The molecule has 0 saturated carbocycles. The number of nitrogens with one attached hydrogen (secondary N) is 2.